The van der Waals surface area contributed by atoms with E-state index in [0.29, 0.717) is 17.5 Å². The van der Waals surface area contributed by atoms with Crippen molar-refractivity contribution in [3.63, 3.8) is 0 Å². The Kier molecular flexibility index (Phi) is 10.6. The zero-order chi connectivity index (χ0) is 19.4. The number of hydrogen-bond donors (Lipinski definition) is 3. The molecule has 0 fully saturated rings. The van der Waals surface area contributed by atoms with Crippen LogP contribution < -0.4 is 5.73 Å². The molecule has 0 bridgehead atoms. The molecule has 0 amide bonds. The molecular weight excluding hydrogens is 330 g/mol. The minimum atomic E-state index is -1.10. The van der Waals surface area contributed by atoms with Crippen LogP contribution in [-0.2, 0) is 11.2 Å². The third-order valence-corrected chi connectivity index (χ3v) is 4.66. The number of aliphatic carboxylic acids is 1. The van der Waals surface area contributed by atoms with Crippen LogP contribution in [0.1, 0.15) is 87.1 Å². The van der Waals surface area contributed by atoms with Crippen molar-refractivity contribution in [2.75, 3.05) is 0 Å². The molecule has 1 aromatic carbocycles. The van der Waals surface area contributed by atoms with Gasteiger partial charge in [0.1, 0.15) is 11.8 Å². The minimum absolute atomic E-state index is 0.00748. The largest absolute Gasteiger partial charge is 0.508 e. The monoisotopic (exact) mass is 363 g/mol. The Morgan fingerprint density at radius 3 is 2.15 bits per heavy atom. The Morgan fingerprint density at radius 2 is 1.58 bits per heavy atom. The van der Waals surface area contributed by atoms with Crippen molar-refractivity contribution in [1.82, 2.24) is 0 Å². The van der Waals surface area contributed by atoms with Crippen LogP contribution in [-0.4, -0.2) is 28.0 Å². The third-order valence-electron chi connectivity index (χ3n) is 4.66. The predicted molar refractivity (Wildman–Crippen MR) is 104 cm³/mol. The third kappa shape index (κ3) is 8.48. The molecule has 4 N–H and O–H groups in total. The second-order valence-corrected chi connectivity index (χ2v) is 6.99. The maximum atomic E-state index is 12.5. The lowest BCUT2D eigenvalue weighted by Crippen LogP contribution is -2.32. The molecule has 0 saturated carbocycles. The molecule has 1 rings (SSSR count). The van der Waals surface area contributed by atoms with Gasteiger partial charge in [-0.1, -0.05) is 64.4 Å². The number of benzene rings is 1. The molecule has 26 heavy (non-hydrogen) atoms. The Balaban J connectivity index is 2.41. The van der Waals surface area contributed by atoms with Crippen molar-refractivity contribution >= 4 is 11.8 Å². The topological polar surface area (TPSA) is 101 Å². The summed E-state index contributed by atoms with van der Waals surface area (Å²) in [5.74, 6) is -1.15. The van der Waals surface area contributed by atoms with Gasteiger partial charge in [-0.05, 0) is 30.5 Å². The van der Waals surface area contributed by atoms with Crippen molar-refractivity contribution in [3.05, 3.63) is 29.3 Å². The number of carboxylic acids is 1. The smallest absolute Gasteiger partial charge is 0.320 e. The van der Waals surface area contributed by atoms with E-state index in [2.05, 4.69) is 6.92 Å². The summed E-state index contributed by atoms with van der Waals surface area (Å²) in [6.07, 6.45) is 11.1. The number of carbonyl (C=O) groups excluding carboxylic acids is 1. The molecule has 1 unspecified atom stereocenters. The summed E-state index contributed by atoms with van der Waals surface area (Å²) in [6.45, 7) is 2.21. The lowest BCUT2D eigenvalue weighted by atomic mass is 9.95. The second-order valence-electron chi connectivity index (χ2n) is 6.99. The molecule has 146 valence electrons. The van der Waals surface area contributed by atoms with Crippen LogP contribution in [0.4, 0.5) is 0 Å². The number of unbranched alkanes of at least 4 members (excludes halogenated alkanes) is 8. The average molecular weight is 363 g/mol. The van der Waals surface area contributed by atoms with Gasteiger partial charge in [0, 0.05) is 12.0 Å². The number of nitrogens with two attached hydrogens (primary N) is 1. The summed E-state index contributed by atoms with van der Waals surface area (Å²) in [5, 5.41) is 18.6. The summed E-state index contributed by atoms with van der Waals surface area (Å²) in [7, 11) is 0. The molecular formula is C21H33NO4. The zero-order valence-electron chi connectivity index (χ0n) is 15.9. The van der Waals surface area contributed by atoms with Gasteiger partial charge in [-0.2, -0.15) is 0 Å². The SMILES string of the molecule is CCCCCCCCCCCC(=O)c1cc(O)ccc1CC(N)C(=O)O. The van der Waals surface area contributed by atoms with Crippen LogP contribution >= 0.6 is 0 Å². The second kappa shape index (κ2) is 12.5. The molecule has 5 nitrogen and oxygen atoms in total. The molecule has 0 heterocycles. The number of carboxylic acid groups (broad SMARTS) is 1. The van der Waals surface area contributed by atoms with Crippen molar-refractivity contribution in [2.24, 2.45) is 5.73 Å². The van der Waals surface area contributed by atoms with Gasteiger partial charge < -0.3 is 15.9 Å². The highest BCUT2D eigenvalue weighted by atomic mass is 16.4. The van der Waals surface area contributed by atoms with Crippen molar-refractivity contribution < 1.29 is 19.8 Å². The van der Waals surface area contributed by atoms with E-state index in [1.54, 1.807) is 6.07 Å². The molecule has 0 aromatic heterocycles. The van der Waals surface area contributed by atoms with Gasteiger partial charge in [-0.3, -0.25) is 9.59 Å². The number of rotatable bonds is 14. The fourth-order valence-electron chi connectivity index (χ4n) is 3.06. The van der Waals surface area contributed by atoms with Gasteiger partial charge in [-0.15, -0.1) is 0 Å². The normalized spacial score (nSPS) is 12.1. The highest BCUT2D eigenvalue weighted by Crippen LogP contribution is 2.21. The Morgan fingerprint density at radius 1 is 1.00 bits per heavy atom. The van der Waals surface area contributed by atoms with E-state index < -0.39 is 12.0 Å². The van der Waals surface area contributed by atoms with Gasteiger partial charge >= 0.3 is 5.97 Å². The first-order valence-corrected chi connectivity index (χ1v) is 9.79. The molecule has 0 aliphatic heterocycles. The van der Waals surface area contributed by atoms with E-state index in [1.165, 1.54) is 50.7 Å². The van der Waals surface area contributed by atoms with Gasteiger partial charge in [0.15, 0.2) is 5.78 Å². The minimum Gasteiger partial charge on any atom is -0.508 e. The van der Waals surface area contributed by atoms with Gasteiger partial charge in [0.25, 0.3) is 0 Å². The Hall–Kier alpha value is -1.88. The van der Waals surface area contributed by atoms with Gasteiger partial charge in [-0.25, -0.2) is 0 Å². The summed E-state index contributed by atoms with van der Waals surface area (Å²) < 4.78 is 0. The van der Waals surface area contributed by atoms with E-state index >= 15 is 0 Å². The fraction of sp³-hybridized carbons (Fsp3) is 0.619. The number of phenols is 1. The van der Waals surface area contributed by atoms with Gasteiger partial charge in [0.2, 0.25) is 0 Å². The van der Waals surface area contributed by atoms with E-state index in [9.17, 15) is 14.7 Å². The van der Waals surface area contributed by atoms with Crippen LogP contribution in [0.15, 0.2) is 18.2 Å². The highest BCUT2D eigenvalue weighted by molar-refractivity contribution is 5.98. The van der Waals surface area contributed by atoms with Crippen LogP contribution in [0, 0.1) is 0 Å². The molecule has 1 aromatic rings. The van der Waals surface area contributed by atoms with E-state index in [0.717, 1.165) is 19.3 Å². The van der Waals surface area contributed by atoms with Crippen LogP contribution in [0.5, 0.6) is 5.75 Å². The molecule has 0 saturated heterocycles. The van der Waals surface area contributed by atoms with Crippen molar-refractivity contribution in [2.45, 2.75) is 83.6 Å². The summed E-state index contributed by atoms with van der Waals surface area (Å²) in [6, 6.07) is 3.40. The maximum Gasteiger partial charge on any atom is 0.320 e. The van der Waals surface area contributed by atoms with Gasteiger partial charge in [0.05, 0.1) is 0 Å². The number of carbonyl (C=O) groups is 2. The zero-order valence-corrected chi connectivity index (χ0v) is 15.9. The summed E-state index contributed by atoms with van der Waals surface area (Å²) >= 11 is 0. The first kappa shape index (κ1) is 22.2. The maximum absolute atomic E-state index is 12.5. The molecule has 1 atom stereocenters. The quantitative estimate of drug-likeness (QED) is 0.335. The van der Waals surface area contributed by atoms with Crippen molar-refractivity contribution in [3.8, 4) is 5.75 Å². The lowest BCUT2D eigenvalue weighted by Gasteiger charge is -2.12. The molecule has 0 radical (unpaired) electrons. The standard InChI is InChI=1S/C21H33NO4/c1-2-3-4-5-6-7-8-9-10-11-20(24)18-15-17(23)13-12-16(18)14-19(22)21(25)26/h12-13,15,19,23H,2-11,14,22H2,1H3,(H,25,26). The Bertz CT molecular complexity index is 571. The first-order valence-electron chi connectivity index (χ1n) is 9.79. The molecule has 5 heteroatoms. The molecule has 0 aliphatic carbocycles. The van der Waals surface area contributed by atoms with Crippen LogP contribution in [0.25, 0.3) is 0 Å². The molecule has 0 aliphatic rings. The number of aromatic hydroxyl groups is 1. The number of ketones is 1. The van der Waals surface area contributed by atoms with E-state index in [1.807, 2.05) is 0 Å². The van der Waals surface area contributed by atoms with E-state index in [-0.39, 0.29) is 18.0 Å². The average Bonchev–Trinajstić information content (AvgIpc) is 2.61. The van der Waals surface area contributed by atoms with Crippen LogP contribution in [0.3, 0.4) is 0 Å². The first-order chi connectivity index (χ1) is 12.5. The van der Waals surface area contributed by atoms with Crippen molar-refractivity contribution in [1.29, 1.82) is 0 Å². The highest BCUT2D eigenvalue weighted by Gasteiger charge is 2.18. The predicted octanol–water partition coefficient (Wildman–Crippen LogP) is 4.45. The summed E-state index contributed by atoms with van der Waals surface area (Å²) in [5.41, 5.74) is 6.55. The summed E-state index contributed by atoms with van der Waals surface area (Å²) in [4.78, 5) is 23.4. The van der Waals surface area contributed by atoms with E-state index in [4.69, 9.17) is 10.8 Å². The lowest BCUT2D eigenvalue weighted by molar-refractivity contribution is -0.138. The molecule has 0 spiro atoms. The number of phenolic OH excluding ortho intramolecular Hbond substituents is 1. The Labute approximate surface area is 156 Å². The number of hydrogen-bond acceptors (Lipinski definition) is 4. The van der Waals surface area contributed by atoms with Crippen LogP contribution in [0.2, 0.25) is 0 Å². The fourth-order valence-corrected chi connectivity index (χ4v) is 3.06. The number of Topliss-reactive ketones (excluding diaryl/α,β-unsaturated/α-hetero) is 1.